The summed E-state index contributed by atoms with van der Waals surface area (Å²) in [7, 11) is 4.44. The predicted molar refractivity (Wildman–Crippen MR) is 101 cm³/mol. The standard InChI is InChI=1S/C19H22N2O7/c1-11-15(19(24)28-6-5-25-2)10-16(17(22)20-11)18(23)21-12-7-13(26-3)9-14(8-12)27-4/h7-10H,5-6H2,1-4H3,(H,20,22)(H,21,23). The minimum atomic E-state index is -0.692. The van der Waals surface area contributed by atoms with Crippen LogP contribution in [0.5, 0.6) is 11.5 Å². The number of hydrogen-bond acceptors (Lipinski definition) is 7. The van der Waals surface area contributed by atoms with Crippen molar-refractivity contribution in [2.45, 2.75) is 6.92 Å². The summed E-state index contributed by atoms with van der Waals surface area (Å²) in [5.74, 6) is -0.421. The Morgan fingerprint density at radius 2 is 1.61 bits per heavy atom. The van der Waals surface area contributed by atoms with Gasteiger partial charge in [-0.15, -0.1) is 0 Å². The van der Waals surface area contributed by atoms with Crippen LogP contribution in [0.4, 0.5) is 5.69 Å². The Hall–Kier alpha value is -3.33. The second-order valence-corrected chi connectivity index (χ2v) is 5.73. The largest absolute Gasteiger partial charge is 0.497 e. The lowest BCUT2D eigenvalue weighted by Crippen LogP contribution is -2.26. The molecule has 0 atom stereocenters. The smallest absolute Gasteiger partial charge is 0.340 e. The summed E-state index contributed by atoms with van der Waals surface area (Å²) in [5, 5.41) is 2.60. The minimum Gasteiger partial charge on any atom is -0.497 e. The van der Waals surface area contributed by atoms with Crippen molar-refractivity contribution in [1.82, 2.24) is 4.98 Å². The van der Waals surface area contributed by atoms with Gasteiger partial charge in [-0.05, 0) is 13.0 Å². The second-order valence-electron chi connectivity index (χ2n) is 5.73. The van der Waals surface area contributed by atoms with Gasteiger partial charge in [-0.1, -0.05) is 0 Å². The van der Waals surface area contributed by atoms with Crippen molar-refractivity contribution in [3.63, 3.8) is 0 Å². The Balaban J connectivity index is 2.29. The van der Waals surface area contributed by atoms with Gasteiger partial charge in [0.05, 0.1) is 26.4 Å². The highest BCUT2D eigenvalue weighted by molar-refractivity contribution is 6.05. The van der Waals surface area contributed by atoms with E-state index in [4.69, 9.17) is 18.9 Å². The van der Waals surface area contributed by atoms with E-state index in [-0.39, 0.29) is 24.3 Å². The van der Waals surface area contributed by atoms with Crippen LogP contribution in [0.1, 0.15) is 26.4 Å². The van der Waals surface area contributed by atoms with E-state index >= 15 is 0 Å². The van der Waals surface area contributed by atoms with Gasteiger partial charge in [-0.3, -0.25) is 9.59 Å². The number of amides is 1. The third-order valence-corrected chi connectivity index (χ3v) is 3.83. The van der Waals surface area contributed by atoms with Gasteiger partial charge in [0.1, 0.15) is 23.7 Å². The first-order chi connectivity index (χ1) is 13.4. The zero-order valence-electron chi connectivity index (χ0n) is 16.1. The number of rotatable bonds is 8. The van der Waals surface area contributed by atoms with Crippen LogP contribution in [0, 0.1) is 6.92 Å². The highest BCUT2D eigenvalue weighted by Crippen LogP contribution is 2.26. The maximum atomic E-state index is 12.6. The monoisotopic (exact) mass is 390 g/mol. The van der Waals surface area contributed by atoms with Crippen molar-refractivity contribution in [2.75, 3.05) is 39.9 Å². The number of esters is 1. The molecule has 0 aliphatic rings. The van der Waals surface area contributed by atoms with Gasteiger partial charge in [0.15, 0.2) is 0 Å². The highest BCUT2D eigenvalue weighted by atomic mass is 16.6. The molecule has 2 aromatic rings. The van der Waals surface area contributed by atoms with Gasteiger partial charge in [-0.25, -0.2) is 4.79 Å². The van der Waals surface area contributed by atoms with Crippen molar-refractivity contribution in [1.29, 1.82) is 0 Å². The maximum absolute atomic E-state index is 12.6. The number of carbonyl (C=O) groups is 2. The summed E-state index contributed by atoms with van der Waals surface area (Å²) in [6, 6.07) is 5.99. The molecule has 1 heterocycles. The van der Waals surface area contributed by atoms with Crippen molar-refractivity contribution >= 4 is 17.6 Å². The number of aromatic nitrogens is 1. The summed E-state index contributed by atoms with van der Waals surface area (Å²) in [4.78, 5) is 39.5. The molecule has 9 heteroatoms. The van der Waals surface area contributed by atoms with E-state index in [9.17, 15) is 14.4 Å². The number of aromatic amines is 1. The number of ether oxygens (including phenoxy) is 4. The number of methoxy groups -OCH3 is 3. The third kappa shape index (κ3) is 5.10. The summed E-state index contributed by atoms with van der Waals surface area (Å²) < 4.78 is 20.2. The molecule has 0 aliphatic heterocycles. The number of H-pyrrole nitrogens is 1. The van der Waals surface area contributed by atoms with Gasteiger partial charge < -0.3 is 29.2 Å². The fraction of sp³-hybridized carbons (Fsp3) is 0.316. The van der Waals surface area contributed by atoms with E-state index in [1.165, 1.54) is 27.4 Å². The van der Waals surface area contributed by atoms with Crippen molar-refractivity contribution in [3.05, 3.63) is 51.4 Å². The summed E-state index contributed by atoms with van der Waals surface area (Å²) >= 11 is 0. The van der Waals surface area contributed by atoms with Crippen LogP contribution in [-0.2, 0) is 9.47 Å². The first-order valence-corrected chi connectivity index (χ1v) is 8.34. The van der Waals surface area contributed by atoms with Crippen molar-refractivity contribution in [2.24, 2.45) is 0 Å². The van der Waals surface area contributed by atoms with Crippen LogP contribution in [0.15, 0.2) is 29.1 Å². The number of hydrogen-bond donors (Lipinski definition) is 2. The molecule has 150 valence electrons. The number of nitrogens with one attached hydrogen (secondary N) is 2. The van der Waals surface area contributed by atoms with Gasteiger partial charge in [-0.2, -0.15) is 0 Å². The van der Waals surface area contributed by atoms with Crippen LogP contribution in [0.2, 0.25) is 0 Å². The molecule has 0 radical (unpaired) electrons. The SMILES string of the molecule is COCCOC(=O)c1cc(C(=O)Nc2cc(OC)cc(OC)c2)c(=O)[nH]c1C. The second kappa shape index (κ2) is 9.56. The Morgan fingerprint density at radius 1 is 0.964 bits per heavy atom. The fourth-order valence-electron chi connectivity index (χ4n) is 2.38. The average molecular weight is 390 g/mol. The molecule has 0 aliphatic carbocycles. The quantitative estimate of drug-likeness (QED) is 0.521. The van der Waals surface area contributed by atoms with Gasteiger partial charge in [0.2, 0.25) is 0 Å². The van der Waals surface area contributed by atoms with Crippen LogP contribution in [-0.4, -0.2) is 51.4 Å². The molecule has 0 unspecified atom stereocenters. The zero-order chi connectivity index (χ0) is 20.7. The molecule has 0 bridgehead atoms. The van der Waals surface area contributed by atoms with Gasteiger partial charge >= 0.3 is 5.97 Å². The molecule has 1 amide bonds. The van der Waals surface area contributed by atoms with Crippen LogP contribution >= 0.6 is 0 Å². The number of carbonyl (C=O) groups excluding carboxylic acids is 2. The van der Waals surface area contributed by atoms with Crippen LogP contribution in [0.25, 0.3) is 0 Å². The number of aryl methyl sites for hydroxylation is 1. The first kappa shape index (κ1) is 21.0. The lowest BCUT2D eigenvalue weighted by atomic mass is 10.1. The molecule has 0 saturated heterocycles. The molecule has 0 spiro atoms. The normalized spacial score (nSPS) is 10.3. The van der Waals surface area contributed by atoms with Gasteiger partial charge in [0, 0.05) is 36.7 Å². The molecule has 9 nitrogen and oxygen atoms in total. The molecule has 0 fully saturated rings. The molecule has 2 rings (SSSR count). The third-order valence-electron chi connectivity index (χ3n) is 3.83. The Morgan fingerprint density at radius 3 is 2.18 bits per heavy atom. The Labute approximate surface area is 161 Å². The van der Waals surface area contributed by atoms with Crippen LogP contribution < -0.4 is 20.3 Å². The van der Waals surface area contributed by atoms with Crippen molar-refractivity contribution in [3.8, 4) is 11.5 Å². The minimum absolute atomic E-state index is 0.0546. The summed E-state index contributed by atoms with van der Waals surface area (Å²) in [6.45, 7) is 1.83. The van der Waals surface area contributed by atoms with E-state index in [2.05, 4.69) is 10.3 Å². The summed E-state index contributed by atoms with van der Waals surface area (Å²) in [6.07, 6.45) is 0. The van der Waals surface area contributed by atoms with E-state index < -0.39 is 17.4 Å². The molecule has 1 aromatic heterocycles. The lowest BCUT2D eigenvalue weighted by molar-refractivity contribution is 0.0386. The predicted octanol–water partition coefficient (Wildman–Crippen LogP) is 1.76. The Bertz CT molecular complexity index is 899. The lowest BCUT2D eigenvalue weighted by Gasteiger charge is -2.11. The molecule has 0 saturated carbocycles. The van der Waals surface area contributed by atoms with Crippen LogP contribution in [0.3, 0.4) is 0 Å². The van der Waals surface area contributed by atoms with E-state index in [1.807, 2.05) is 0 Å². The van der Waals surface area contributed by atoms with E-state index in [0.717, 1.165) is 0 Å². The number of benzene rings is 1. The Kier molecular flexibility index (Phi) is 7.16. The molecule has 28 heavy (non-hydrogen) atoms. The highest BCUT2D eigenvalue weighted by Gasteiger charge is 2.19. The number of anilines is 1. The maximum Gasteiger partial charge on any atom is 0.340 e. The summed E-state index contributed by atoms with van der Waals surface area (Å²) in [5.41, 5.74) is -0.106. The van der Waals surface area contributed by atoms with E-state index in [1.54, 1.807) is 25.1 Å². The molecule has 2 N–H and O–H groups in total. The zero-order valence-corrected chi connectivity index (χ0v) is 16.1. The van der Waals surface area contributed by atoms with Gasteiger partial charge in [0.25, 0.3) is 11.5 Å². The topological polar surface area (TPSA) is 116 Å². The van der Waals surface area contributed by atoms with E-state index in [0.29, 0.717) is 22.9 Å². The number of pyridine rings is 1. The average Bonchev–Trinajstić information content (AvgIpc) is 2.67. The van der Waals surface area contributed by atoms with Crippen molar-refractivity contribution < 1.29 is 28.5 Å². The first-order valence-electron chi connectivity index (χ1n) is 8.34. The molecular weight excluding hydrogens is 368 g/mol. The fourth-order valence-corrected chi connectivity index (χ4v) is 2.38. The molecular formula is C19H22N2O7. The molecule has 1 aromatic carbocycles.